The highest BCUT2D eigenvalue weighted by atomic mass is 35.5. The second kappa shape index (κ2) is 9.23. The van der Waals surface area contributed by atoms with Crippen LogP contribution < -0.4 is 10.2 Å². The lowest BCUT2D eigenvalue weighted by atomic mass is 9.85. The van der Waals surface area contributed by atoms with Gasteiger partial charge in [-0.1, -0.05) is 23.8 Å². The average molecular weight is 495 g/mol. The Morgan fingerprint density at radius 2 is 1.64 bits per heavy atom. The molecule has 2 atom stereocenters. The number of hydrogen-bond acceptors (Lipinski definition) is 4. The van der Waals surface area contributed by atoms with Crippen molar-refractivity contribution >= 4 is 52.5 Å². The van der Waals surface area contributed by atoms with Gasteiger partial charge in [-0.25, -0.2) is 0 Å². The van der Waals surface area contributed by atoms with E-state index in [0.29, 0.717) is 23.4 Å². The summed E-state index contributed by atoms with van der Waals surface area (Å²) in [6.45, 7) is 0. The van der Waals surface area contributed by atoms with E-state index in [9.17, 15) is 27.6 Å². The van der Waals surface area contributed by atoms with E-state index in [1.807, 2.05) is 12.2 Å². The van der Waals surface area contributed by atoms with Gasteiger partial charge in [0.05, 0.1) is 39.5 Å². The van der Waals surface area contributed by atoms with Crippen LogP contribution >= 0.6 is 23.4 Å². The molecule has 1 N–H and O–H groups in total. The minimum Gasteiger partial charge on any atom is -0.324 e. The van der Waals surface area contributed by atoms with Crippen LogP contribution in [-0.4, -0.2) is 23.5 Å². The molecule has 0 radical (unpaired) electrons. The molecule has 1 heterocycles. The van der Waals surface area contributed by atoms with Gasteiger partial charge in [-0.2, -0.15) is 13.2 Å². The van der Waals surface area contributed by atoms with E-state index < -0.39 is 17.6 Å². The molecule has 2 aromatic rings. The lowest BCUT2D eigenvalue weighted by molar-refractivity contribution is -0.137. The van der Waals surface area contributed by atoms with Crippen molar-refractivity contribution in [3.63, 3.8) is 0 Å². The molecular formula is C23H18ClF3N2O3S. The number of nitrogens with zero attached hydrogens (tertiary/aromatic N) is 1. The van der Waals surface area contributed by atoms with E-state index in [-0.39, 0.29) is 40.1 Å². The first kappa shape index (κ1) is 23.4. The highest BCUT2D eigenvalue weighted by Crippen LogP contribution is 2.38. The first-order valence-corrected chi connectivity index (χ1v) is 11.4. The number of alkyl halides is 3. The first-order valence-electron chi connectivity index (χ1n) is 10.1. The van der Waals surface area contributed by atoms with Gasteiger partial charge in [0.15, 0.2) is 0 Å². The molecule has 0 bridgehead atoms. The number of halogens is 4. The molecule has 10 heteroatoms. The van der Waals surface area contributed by atoms with Crippen molar-refractivity contribution in [2.75, 3.05) is 16.0 Å². The molecule has 1 fully saturated rings. The SMILES string of the molecule is O=C(CSc1ccc(N2C(=O)C3CC=CCC3C2=O)cc1)Nc1cc(C(F)(F)F)ccc1Cl. The second-order valence-electron chi connectivity index (χ2n) is 7.69. The number of hydrogen-bond donors (Lipinski definition) is 1. The monoisotopic (exact) mass is 494 g/mol. The predicted molar refractivity (Wildman–Crippen MR) is 120 cm³/mol. The molecule has 0 saturated carbocycles. The number of benzene rings is 2. The number of thioether (sulfide) groups is 1. The van der Waals surface area contributed by atoms with E-state index in [1.54, 1.807) is 24.3 Å². The normalized spacial score (nSPS) is 20.2. The summed E-state index contributed by atoms with van der Waals surface area (Å²) >= 11 is 7.06. The zero-order valence-corrected chi connectivity index (χ0v) is 18.6. The molecule has 5 nitrogen and oxygen atoms in total. The van der Waals surface area contributed by atoms with E-state index >= 15 is 0 Å². The maximum Gasteiger partial charge on any atom is 0.416 e. The van der Waals surface area contributed by atoms with E-state index in [1.165, 1.54) is 4.90 Å². The first-order chi connectivity index (χ1) is 15.6. The summed E-state index contributed by atoms with van der Waals surface area (Å²) in [7, 11) is 0. The number of imide groups is 1. The third kappa shape index (κ3) is 4.94. The maximum atomic E-state index is 12.9. The molecule has 1 aliphatic heterocycles. The molecule has 172 valence electrons. The van der Waals surface area contributed by atoms with E-state index in [2.05, 4.69) is 5.32 Å². The fraction of sp³-hybridized carbons (Fsp3) is 0.261. The van der Waals surface area contributed by atoms with Gasteiger partial charge >= 0.3 is 6.18 Å². The van der Waals surface area contributed by atoms with Crippen LogP contribution in [0.3, 0.4) is 0 Å². The number of amides is 3. The van der Waals surface area contributed by atoms with Crippen LogP contribution in [0.4, 0.5) is 24.5 Å². The quantitative estimate of drug-likeness (QED) is 0.336. The Bertz CT molecular complexity index is 1110. The molecule has 33 heavy (non-hydrogen) atoms. The largest absolute Gasteiger partial charge is 0.416 e. The molecule has 0 aromatic heterocycles. The fourth-order valence-electron chi connectivity index (χ4n) is 3.88. The molecule has 3 amide bonds. The standard InChI is InChI=1S/C23H18ClF3N2O3S/c24-18-10-5-13(23(25,26)27)11-19(18)28-20(30)12-33-15-8-6-14(7-9-15)29-21(31)16-3-1-2-4-17(16)22(29)32/h1-2,5-11,16-17H,3-4,12H2,(H,28,30). The minimum absolute atomic E-state index is 0.00131. The molecule has 1 saturated heterocycles. The smallest absolute Gasteiger partial charge is 0.324 e. The number of carbonyl (C=O) groups excluding carboxylic acids is 3. The highest BCUT2D eigenvalue weighted by Gasteiger charge is 2.47. The molecule has 2 unspecified atom stereocenters. The fourth-order valence-corrected chi connectivity index (χ4v) is 4.74. The maximum absolute atomic E-state index is 12.9. The summed E-state index contributed by atoms with van der Waals surface area (Å²) in [5.74, 6) is -1.62. The van der Waals surface area contributed by atoms with Crippen molar-refractivity contribution in [1.29, 1.82) is 0 Å². The molecular weight excluding hydrogens is 477 g/mol. The number of rotatable bonds is 5. The molecule has 4 rings (SSSR count). The molecule has 2 aliphatic rings. The van der Waals surface area contributed by atoms with E-state index in [0.717, 1.165) is 30.0 Å². The van der Waals surface area contributed by atoms with Crippen LogP contribution in [0, 0.1) is 11.8 Å². The lowest BCUT2D eigenvalue weighted by Crippen LogP contribution is -2.30. The summed E-state index contributed by atoms with van der Waals surface area (Å²) in [4.78, 5) is 39.5. The highest BCUT2D eigenvalue weighted by molar-refractivity contribution is 8.00. The van der Waals surface area contributed by atoms with E-state index in [4.69, 9.17) is 11.6 Å². The Hall–Kier alpha value is -2.78. The number of allylic oxidation sites excluding steroid dienone is 2. The van der Waals surface area contributed by atoms with Gasteiger partial charge in [0.2, 0.25) is 17.7 Å². The predicted octanol–water partition coefficient (Wildman–Crippen LogP) is 5.55. The minimum atomic E-state index is -4.55. The zero-order chi connectivity index (χ0) is 23.8. The van der Waals surface area contributed by atoms with Crippen molar-refractivity contribution in [3.8, 4) is 0 Å². The average Bonchev–Trinajstić information content (AvgIpc) is 3.04. The Balaban J connectivity index is 1.37. The van der Waals surface area contributed by atoms with Crippen LogP contribution in [0.15, 0.2) is 59.5 Å². The van der Waals surface area contributed by atoms with Gasteiger partial charge in [-0.15, -0.1) is 11.8 Å². The molecule has 1 aliphatic carbocycles. The molecule has 2 aromatic carbocycles. The Morgan fingerprint density at radius 1 is 1.03 bits per heavy atom. The Labute approximate surface area is 197 Å². The van der Waals surface area contributed by atoms with Crippen molar-refractivity contribution in [1.82, 2.24) is 0 Å². The third-order valence-electron chi connectivity index (χ3n) is 5.54. The second-order valence-corrected chi connectivity index (χ2v) is 9.15. The number of fused-ring (bicyclic) bond motifs is 1. The van der Waals surface area contributed by atoms with Crippen molar-refractivity contribution in [2.45, 2.75) is 23.9 Å². The van der Waals surface area contributed by atoms with Gasteiger partial charge in [-0.05, 0) is 55.3 Å². The molecule has 0 spiro atoms. The Kier molecular flexibility index (Phi) is 6.54. The third-order valence-corrected chi connectivity index (χ3v) is 6.88. The van der Waals surface area contributed by atoms with Gasteiger partial charge in [0.1, 0.15) is 0 Å². The van der Waals surface area contributed by atoms with Crippen molar-refractivity contribution in [3.05, 3.63) is 65.2 Å². The van der Waals surface area contributed by atoms with Crippen LogP contribution in [0.5, 0.6) is 0 Å². The van der Waals surface area contributed by atoms with Crippen LogP contribution in [-0.2, 0) is 20.6 Å². The van der Waals surface area contributed by atoms with Gasteiger partial charge in [0, 0.05) is 4.90 Å². The van der Waals surface area contributed by atoms with Crippen molar-refractivity contribution in [2.24, 2.45) is 11.8 Å². The zero-order valence-electron chi connectivity index (χ0n) is 17.1. The summed E-state index contributed by atoms with van der Waals surface area (Å²) in [6, 6.07) is 9.37. The van der Waals surface area contributed by atoms with Gasteiger partial charge < -0.3 is 5.32 Å². The summed E-state index contributed by atoms with van der Waals surface area (Å²) in [5, 5.41) is 2.40. The number of carbonyl (C=O) groups is 3. The summed E-state index contributed by atoms with van der Waals surface area (Å²) in [5.41, 5.74) is -0.550. The van der Waals surface area contributed by atoms with Crippen LogP contribution in [0.25, 0.3) is 0 Å². The summed E-state index contributed by atoms with van der Waals surface area (Å²) in [6.07, 6.45) is 0.419. The van der Waals surface area contributed by atoms with Gasteiger partial charge in [-0.3, -0.25) is 19.3 Å². The summed E-state index contributed by atoms with van der Waals surface area (Å²) < 4.78 is 38.6. The number of anilines is 2. The van der Waals surface area contributed by atoms with Crippen molar-refractivity contribution < 1.29 is 27.6 Å². The number of nitrogens with one attached hydrogen (secondary N) is 1. The van der Waals surface area contributed by atoms with Crippen LogP contribution in [0.1, 0.15) is 18.4 Å². The topological polar surface area (TPSA) is 66.5 Å². The Morgan fingerprint density at radius 3 is 2.21 bits per heavy atom. The van der Waals surface area contributed by atoms with Crippen LogP contribution in [0.2, 0.25) is 5.02 Å². The lowest BCUT2D eigenvalue weighted by Gasteiger charge is -2.15. The van der Waals surface area contributed by atoms with Gasteiger partial charge in [0.25, 0.3) is 0 Å².